The second kappa shape index (κ2) is 6.98. The average Bonchev–Trinajstić information content (AvgIpc) is 2.99. The van der Waals surface area contributed by atoms with E-state index in [4.69, 9.17) is 9.63 Å². The van der Waals surface area contributed by atoms with Crippen molar-refractivity contribution >= 4 is 23.6 Å². The molecule has 1 aromatic rings. The van der Waals surface area contributed by atoms with E-state index in [1.807, 2.05) is 13.8 Å². The van der Waals surface area contributed by atoms with E-state index in [-0.39, 0.29) is 11.9 Å². The number of nitrogens with zero attached hydrogens (tertiary/aromatic N) is 1. The van der Waals surface area contributed by atoms with Gasteiger partial charge < -0.3 is 14.9 Å². The van der Waals surface area contributed by atoms with Crippen molar-refractivity contribution in [1.29, 1.82) is 0 Å². The van der Waals surface area contributed by atoms with Gasteiger partial charge in [0.05, 0.1) is 17.4 Å². The third-order valence-corrected chi connectivity index (χ3v) is 4.80. The van der Waals surface area contributed by atoms with Crippen LogP contribution in [-0.2, 0) is 15.3 Å². The number of carboxylic acids is 1. The highest BCUT2D eigenvalue weighted by Gasteiger charge is 2.33. The van der Waals surface area contributed by atoms with Gasteiger partial charge >= 0.3 is 5.97 Å². The number of carbonyl (C=O) groups is 2. The van der Waals surface area contributed by atoms with Crippen molar-refractivity contribution in [2.24, 2.45) is 5.92 Å². The Kier molecular flexibility index (Phi) is 5.27. The summed E-state index contributed by atoms with van der Waals surface area (Å²) in [6.07, 6.45) is 2.25. The number of nitrogens with one attached hydrogen (secondary N) is 1. The predicted octanol–water partition coefficient (Wildman–Crippen LogP) is 1.89. The van der Waals surface area contributed by atoms with Crippen LogP contribution in [0.3, 0.4) is 0 Å². The van der Waals surface area contributed by atoms with Crippen molar-refractivity contribution in [2.45, 2.75) is 44.9 Å². The molecule has 2 N–H and O–H groups in total. The first-order valence-corrected chi connectivity index (χ1v) is 8.16. The van der Waals surface area contributed by atoms with E-state index in [2.05, 4.69) is 10.5 Å². The lowest BCUT2D eigenvalue weighted by molar-refractivity contribution is -0.142. The quantitative estimate of drug-likeness (QED) is 0.833. The van der Waals surface area contributed by atoms with E-state index in [1.54, 1.807) is 0 Å². The molecule has 0 aromatic carbocycles. The molecule has 1 aliphatic rings. The topological polar surface area (TPSA) is 92.4 Å². The van der Waals surface area contributed by atoms with Crippen LogP contribution in [0.5, 0.6) is 0 Å². The van der Waals surface area contributed by atoms with Gasteiger partial charge in [-0.25, -0.2) is 0 Å². The van der Waals surface area contributed by atoms with Crippen LogP contribution in [-0.4, -0.2) is 33.9 Å². The van der Waals surface area contributed by atoms with E-state index in [0.29, 0.717) is 17.9 Å². The first-order chi connectivity index (χ1) is 9.99. The fraction of sp³-hybridized carbons (Fsp3) is 0.643. The normalized spacial score (nSPS) is 21.4. The molecule has 2 atom stereocenters. The van der Waals surface area contributed by atoms with Crippen molar-refractivity contribution in [3.8, 4) is 0 Å². The lowest BCUT2D eigenvalue weighted by atomic mass is 10.0. The van der Waals surface area contributed by atoms with Gasteiger partial charge in [-0.15, -0.1) is 11.8 Å². The number of rotatable bonds is 6. The Morgan fingerprint density at radius 3 is 2.81 bits per heavy atom. The van der Waals surface area contributed by atoms with Gasteiger partial charge in [-0.3, -0.25) is 9.59 Å². The first kappa shape index (κ1) is 15.9. The summed E-state index contributed by atoms with van der Waals surface area (Å²) in [7, 11) is 0. The Hall–Kier alpha value is -1.50. The van der Waals surface area contributed by atoms with Crippen molar-refractivity contribution in [1.82, 2.24) is 10.5 Å². The third-order valence-electron chi connectivity index (χ3n) is 3.84. The van der Waals surface area contributed by atoms with Gasteiger partial charge in [0.1, 0.15) is 5.76 Å². The SMILES string of the molecule is Cc1noc(C)c1CSCC(=O)N[C@@H]1CCC[C@@H]1C(=O)O. The number of hydrogen-bond donors (Lipinski definition) is 2. The number of amides is 1. The molecule has 1 aromatic heterocycles. The molecule has 1 amide bonds. The standard InChI is InChI=1S/C14H20N2O4S/c1-8-11(9(2)20-16-8)6-21-7-13(17)15-12-5-3-4-10(12)14(18)19/h10,12H,3-7H2,1-2H3,(H,15,17)(H,18,19)/t10-,12+/m0/s1. The van der Waals surface area contributed by atoms with Crippen LogP contribution >= 0.6 is 11.8 Å². The molecule has 1 fully saturated rings. The zero-order valence-corrected chi connectivity index (χ0v) is 13.0. The van der Waals surface area contributed by atoms with Crippen LogP contribution in [0, 0.1) is 19.8 Å². The molecule has 6 nitrogen and oxygen atoms in total. The first-order valence-electron chi connectivity index (χ1n) is 7.00. The number of aryl methyl sites for hydroxylation is 2. The number of aromatic nitrogens is 1. The summed E-state index contributed by atoms with van der Waals surface area (Å²) in [4.78, 5) is 23.0. The van der Waals surface area contributed by atoms with Crippen LogP contribution in [0.2, 0.25) is 0 Å². The number of hydrogen-bond acceptors (Lipinski definition) is 5. The molecule has 0 unspecified atom stereocenters. The monoisotopic (exact) mass is 312 g/mol. The fourth-order valence-corrected chi connectivity index (χ4v) is 3.62. The summed E-state index contributed by atoms with van der Waals surface area (Å²) in [5, 5.41) is 15.8. The summed E-state index contributed by atoms with van der Waals surface area (Å²) in [5.41, 5.74) is 1.87. The molecule has 1 heterocycles. The molecule has 0 saturated heterocycles. The summed E-state index contributed by atoms with van der Waals surface area (Å²) in [6.45, 7) is 3.73. The Labute approximate surface area is 127 Å². The molecule has 0 aliphatic heterocycles. The summed E-state index contributed by atoms with van der Waals surface area (Å²) in [6, 6.07) is -0.227. The zero-order chi connectivity index (χ0) is 15.4. The number of aliphatic carboxylic acids is 1. The zero-order valence-electron chi connectivity index (χ0n) is 12.2. The van der Waals surface area contributed by atoms with Gasteiger partial charge in [0.25, 0.3) is 0 Å². The minimum atomic E-state index is -0.818. The van der Waals surface area contributed by atoms with E-state index in [9.17, 15) is 9.59 Å². The Morgan fingerprint density at radius 1 is 1.43 bits per heavy atom. The molecule has 2 rings (SSSR count). The summed E-state index contributed by atoms with van der Waals surface area (Å²) in [5.74, 6) is 0.392. The highest BCUT2D eigenvalue weighted by atomic mass is 32.2. The second-order valence-corrected chi connectivity index (χ2v) is 6.33. The molecule has 0 radical (unpaired) electrons. The molecular weight excluding hydrogens is 292 g/mol. The van der Waals surface area contributed by atoms with E-state index in [0.717, 1.165) is 29.9 Å². The maximum Gasteiger partial charge on any atom is 0.308 e. The molecule has 1 aliphatic carbocycles. The van der Waals surface area contributed by atoms with E-state index < -0.39 is 11.9 Å². The van der Waals surface area contributed by atoms with Crippen molar-refractivity contribution in [2.75, 3.05) is 5.75 Å². The second-order valence-electron chi connectivity index (χ2n) is 5.35. The lowest BCUT2D eigenvalue weighted by Gasteiger charge is -2.17. The van der Waals surface area contributed by atoms with Gasteiger partial charge in [0.15, 0.2) is 0 Å². The van der Waals surface area contributed by atoms with E-state index in [1.165, 1.54) is 11.8 Å². The summed E-state index contributed by atoms with van der Waals surface area (Å²) >= 11 is 1.48. The van der Waals surface area contributed by atoms with Gasteiger partial charge in [0.2, 0.25) is 5.91 Å². The maximum atomic E-state index is 11.9. The predicted molar refractivity (Wildman–Crippen MR) is 79.0 cm³/mol. The number of carboxylic acid groups (broad SMARTS) is 1. The van der Waals surface area contributed by atoms with Gasteiger partial charge in [0, 0.05) is 17.4 Å². The van der Waals surface area contributed by atoms with Crippen LogP contribution in [0.15, 0.2) is 4.52 Å². The minimum Gasteiger partial charge on any atom is -0.481 e. The molecule has 21 heavy (non-hydrogen) atoms. The summed E-state index contributed by atoms with van der Waals surface area (Å²) < 4.78 is 5.07. The molecule has 7 heteroatoms. The lowest BCUT2D eigenvalue weighted by Crippen LogP contribution is -2.41. The van der Waals surface area contributed by atoms with Crippen molar-refractivity contribution in [3.63, 3.8) is 0 Å². The van der Waals surface area contributed by atoms with Gasteiger partial charge in [-0.1, -0.05) is 11.6 Å². The van der Waals surface area contributed by atoms with Crippen LogP contribution < -0.4 is 5.32 Å². The van der Waals surface area contributed by atoms with E-state index >= 15 is 0 Å². The van der Waals surface area contributed by atoms with Crippen LogP contribution in [0.4, 0.5) is 0 Å². The van der Waals surface area contributed by atoms with Crippen LogP contribution in [0.25, 0.3) is 0 Å². The Bertz CT molecular complexity index is 510. The molecule has 0 spiro atoms. The fourth-order valence-electron chi connectivity index (χ4n) is 2.63. The molecule has 116 valence electrons. The van der Waals surface area contributed by atoms with Gasteiger partial charge in [-0.05, 0) is 26.7 Å². The molecule has 0 bridgehead atoms. The number of carbonyl (C=O) groups excluding carboxylic acids is 1. The number of thioether (sulfide) groups is 1. The Balaban J connectivity index is 1.76. The minimum absolute atomic E-state index is 0.107. The highest BCUT2D eigenvalue weighted by Crippen LogP contribution is 2.26. The van der Waals surface area contributed by atoms with Gasteiger partial charge in [-0.2, -0.15) is 0 Å². The van der Waals surface area contributed by atoms with Crippen molar-refractivity contribution < 1.29 is 19.2 Å². The van der Waals surface area contributed by atoms with Crippen LogP contribution in [0.1, 0.15) is 36.3 Å². The molecular formula is C14H20N2O4S. The van der Waals surface area contributed by atoms with Crippen molar-refractivity contribution in [3.05, 3.63) is 17.0 Å². The maximum absolute atomic E-state index is 11.9. The average molecular weight is 312 g/mol. The smallest absolute Gasteiger partial charge is 0.308 e. The largest absolute Gasteiger partial charge is 0.481 e. The Morgan fingerprint density at radius 2 is 2.19 bits per heavy atom. The molecule has 1 saturated carbocycles. The third kappa shape index (κ3) is 4.00. The highest BCUT2D eigenvalue weighted by molar-refractivity contribution is 7.99.